The molecule has 1 aliphatic carbocycles. The van der Waals surface area contributed by atoms with Gasteiger partial charge < -0.3 is 5.73 Å². The summed E-state index contributed by atoms with van der Waals surface area (Å²) in [7, 11) is 0. The summed E-state index contributed by atoms with van der Waals surface area (Å²) in [6.45, 7) is 6.83. The zero-order valence-corrected chi connectivity index (χ0v) is 7.30. The van der Waals surface area contributed by atoms with Crippen molar-refractivity contribution in [2.45, 2.75) is 39.7 Å². The number of rotatable bonds is 2. The lowest BCUT2D eigenvalue weighted by molar-refractivity contribution is 0.0572. The molecule has 0 heterocycles. The van der Waals surface area contributed by atoms with Gasteiger partial charge in [0.2, 0.25) is 0 Å². The fourth-order valence-electron chi connectivity index (χ4n) is 2.12. The van der Waals surface area contributed by atoms with Gasteiger partial charge in [-0.15, -0.1) is 0 Å². The van der Waals surface area contributed by atoms with Crippen molar-refractivity contribution >= 4 is 0 Å². The maximum atomic E-state index is 5.94. The van der Waals surface area contributed by atoms with Crippen LogP contribution in [0, 0.1) is 17.8 Å². The summed E-state index contributed by atoms with van der Waals surface area (Å²) >= 11 is 0. The van der Waals surface area contributed by atoms with E-state index in [4.69, 9.17) is 5.73 Å². The lowest BCUT2D eigenvalue weighted by Crippen LogP contribution is -2.53. The molecular weight excluding hydrogens is 122 g/mol. The summed E-state index contributed by atoms with van der Waals surface area (Å²) in [6.07, 6.45) is 2.61. The van der Waals surface area contributed by atoms with Crippen LogP contribution in [0.15, 0.2) is 0 Å². The summed E-state index contributed by atoms with van der Waals surface area (Å²) in [6, 6.07) is 0.495. The van der Waals surface area contributed by atoms with Gasteiger partial charge in [-0.25, -0.2) is 0 Å². The molecule has 0 aromatic carbocycles. The average Bonchev–Trinajstić information content (AvgIpc) is 1.98. The van der Waals surface area contributed by atoms with E-state index in [1.54, 1.807) is 0 Å². The van der Waals surface area contributed by atoms with Crippen LogP contribution in [-0.4, -0.2) is 6.04 Å². The molecule has 0 amide bonds. The maximum Gasteiger partial charge on any atom is 0.00983 e. The average molecular weight is 141 g/mol. The molecule has 0 bridgehead atoms. The summed E-state index contributed by atoms with van der Waals surface area (Å²) in [5, 5.41) is 0. The molecule has 0 spiro atoms. The first kappa shape index (κ1) is 8.06. The summed E-state index contributed by atoms with van der Waals surface area (Å²) < 4.78 is 0. The van der Waals surface area contributed by atoms with Crippen LogP contribution >= 0.6 is 0 Å². The molecule has 4 atom stereocenters. The molecule has 0 aromatic rings. The zero-order chi connectivity index (χ0) is 7.72. The van der Waals surface area contributed by atoms with E-state index in [9.17, 15) is 0 Å². The minimum Gasteiger partial charge on any atom is -0.327 e. The van der Waals surface area contributed by atoms with Crippen LogP contribution in [0.5, 0.6) is 0 Å². The Kier molecular flexibility index (Phi) is 2.35. The quantitative estimate of drug-likeness (QED) is 0.625. The number of hydrogen-bond acceptors (Lipinski definition) is 1. The second-order valence-corrected chi connectivity index (χ2v) is 3.75. The predicted molar refractivity (Wildman–Crippen MR) is 44.7 cm³/mol. The van der Waals surface area contributed by atoms with E-state index in [2.05, 4.69) is 20.8 Å². The highest BCUT2D eigenvalue weighted by Gasteiger charge is 2.41. The highest BCUT2D eigenvalue weighted by Crippen LogP contribution is 2.41. The summed E-state index contributed by atoms with van der Waals surface area (Å²) in [5.74, 6) is 2.45. The molecular formula is C9H19N. The third-order valence-electron chi connectivity index (χ3n) is 3.23. The molecule has 1 heteroatoms. The first-order chi connectivity index (χ1) is 4.68. The Bertz CT molecular complexity index is 101. The Labute approximate surface area is 64.0 Å². The molecule has 1 saturated carbocycles. The smallest absolute Gasteiger partial charge is 0.00983 e. The fraction of sp³-hybridized carbons (Fsp3) is 1.00. The van der Waals surface area contributed by atoms with Crippen molar-refractivity contribution in [1.29, 1.82) is 0 Å². The van der Waals surface area contributed by atoms with Gasteiger partial charge in [0.25, 0.3) is 0 Å². The van der Waals surface area contributed by atoms with E-state index >= 15 is 0 Å². The molecule has 1 aliphatic rings. The molecule has 1 fully saturated rings. The minimum atomic E-state index is 0.495. The molecule has 1 rings (SSSR count). The molecule has 4 unspecified atom stereocenters. The van der Waals surface area contributed by atoms with Crippen molar-refractivity contribution in [1.82, 2.24) is 0 Å². The van der Waals surface area contributed by atoms with Crippen molar-refractivity contribution in [3.63, 3.8) is 0 Å². The normalized spacial score (nSPS) is 46.8. The van der Waals surface area contributed by atoms with Crippen LogP contribution in [-0.2, 0) is 0 Å². The SMILES string of the molecule is CCCC1C(C)C(C)C1N. The lowest BCUT2D eigenvalue weighted by atomic mass is 9.61. The van der Waals surface area contributed by atoms with E-state index < -0.39 is 0 Å². The Morgan fingerprint density at radius 3 is 2.20 bits per heavy atom. The highest BCUT2D eigenvalue weighted by atomic mass is 14.7. The zero-order valence-electron chi connectivity index (χ0n) is 7.30. The van der Waals surface area contributed by atoms with Gasteiger partial charge in [0, 0.05) is 6.04 Å². The molecule has 2 N–H and O–H groups in total. The standard InChI is InChI=1S/C9H19N/c1-4-5-8-6(2)7(3)9(8)10/h6-9H,4-5,10H2,1-3H3. The van der Waals surface area contributed by atoms with Crippen LogP contribution in [0.3, 0.4) is 0 Å². The van der Waals surface area contributed by atoms with Crippen molar-refractivity contribution in [3.05, 3.63) is 0 Å². The largest absolute Gasteiger partial charge is 0.327 e. The monoisotopic (exact) mass is 141 g/mol. The first-order valence-corrected chi connectivity index (χ1v) is 4.44. The van der Waals surface area contributed by atoms with Crippen LogP contribution in [0.2, 0.25) is 0 Å². The summed E-state index contributed by atoms with van der Waals surface area (Å²) in [4.78, 5) is 0. The first-order valence-electron chi connectivity index (χ1n) is 4.44. The molecule has 60 valence electrons. The Morgan fingerprint density at radius 1 is 1.20 bits per heavy atom. The predicted octanol–water partition coefficient (Wildman–Crippen LogP) is 2.02. The van der Waals surface area contributed by atoms with Crippen LogP contribution in [0.1, 0.15) is 33.6 Å². The van der Waals surface area contributed by atoms with E-state index in [1.165, 1.54) is 12.8 Å². The molecule has 10 heavy (non-hydrogen) atoms. The highest BCUT2D eigenvalue weighted by molar-refractivity contribution is 4.94. The van der Waals surface area contributed by atoms with Gasteiger partial charge in [-0.1, -0.05) is 27.2 Å². The van der Waals surface area contributed by atoms with Gasteiger partial charge in [0.05, 0.1) is 0 Å². The molecule has 1 nitrogen and oxygen atoms in total. The lowest BCUT2D eigenvalue weighted by Gasteiger charge is -2.47. The van der Waals surface area contributed by atoms with Gasteiger partial charge in [0.15, 0.2) is 0 Å². The van der Waals surface area contributed by atoms with Gasteiger partial charge >= 0.3 is 0 Å². The van der Waals surface area contributed by atoms with E-state index in [0.29, 0.717) is 6.04 Å². The Balaban J connectivity index is 2.34. The van der Waals surface area contributed by atoms with Crippen molar-refractivity contribution in [2.75, 3.05) is 0 Å². The van der Waals surface area contributed by atoms with Crippen molar-refractivity contribution in [2.24, 2.45) is 23.5 Å². The molecule has 0 saturated heterocycles. The van der Waals surface area contributed by atoms with E-state index in [0.717, 1.165) is 17.8 Å². The molecule has 0 radical (unpaired) electrons. The molecule has 0 aliphatic heterocycles. The van der Waals surface area contributed by atoms with E-state index in [-0.39, 0.29) is 0 Å². The topological polar surface area (TPSA) is 26.0 Å². The third-order valence-corrected chi connectivity index (χ3v) is 3.23. The Morgan fingerprint density at radius 2 is 1.80 bits per heavy atom. The van der Waals surface area contributed by atoms with E-state index in [1.807, 2.05) is 0 Å². The van der Waals surface area contributed by atoms with Crippen LogP contribution < -0.4 is 5.73 Å². The van der Waals surface area contributed by atoms with Gasteiger partial charge in [-0.3, -0.25) is 0 Å². The van der Waals surface area contributed by atoms with Gasteiger partial charge in [0.1, 0.15) is 0 Å². The van der Waals surface area contributed by atoms with Crippen LogP contribution in [0.4, 0.5) is 0 Å². The van der Waals surface area contributed by atoms with Gasteiger partial charge in [-0.2, -0.15) is 0 Å². The molecule has 0 aromatic heterocycles. The fourth-order valence-corrected chi connectivity index (χ4v) is 2.12. The Hall–Kier alpha value is -0.0400. The third kappa shape index (κ3) is 1.07. The number of hydrogen-bond donors (Lipinski definition) is 1. The van der Waals surface area contributed by atoms with Crippen molar-refractivity contribution < 1.29 is 0 Å². The number of nitrogens with two attached hydrogens (primary N) is 1. The second kappa shape index (κ2) is 2.91. The maximum absolute atomic E-state index is 5.94. The second-order valence-electron chi connectivity index (χ2n) is 3.75. The minimum absolute atomic E-state index is 0.495. The van der Waals surface area contributed by atoms with Gasteiger partial charge in [-0.05, 0) is 24.2 Å². The van der Waals surface area contributed by atoms with Crippen LogP contribution in [0.25, 0.3) is 0 Å². The van der Waals surface area contributed by atoms with Crippen molar-refractivity contribution in [3.8, 4) is 0 Å². The summed E-state index contributed by atoms with van der Waals surface area (Å²) in [5.41, 5.74) is 5.94.